The normalized spacial score (nSPS) is 16.7. The summed E-state index contributed by atoms with van der Waals surface area (Å²) in [4.78, 5) is 24.2. The van der Waals surface area contributed by atoms with Crippen LogP contribution in [0.5, 0.6) is 0 Å². The summed E-state index contributed by atoms with van der Waals surface area (Å²) in [7, 11) is 0. The Kier molecular flexibility index (Phi) is 11.4. The standard InChI is InChI=1S/C20H28O2.C6H9N3O3/c1-15(8-6-9-16(2)14-19(21)22)11-12-18-17(3)10-7-13-20(18,4)5;1-5-7-4-6(9(11)12)8(5)2-3-10/h6,8-9,11-12,14H,7,10,13H2,1-5H3,(H,21,22);4,10H,2-3H2,1H3/b9-6+,12-11+,15-8+,16-14+;. The van der Waals surface area contributed by atoms with Crippen molar-refractivity contribution in [1.29, 1.82) is 0 Å². The fourth-order valence-corrected chi connectivity index (χ4v) is 3.85. The van der Waals surface area contributed by atoms with Crippen LogP contribution in [0.25, 0.3) is 0 Å². The number of hydrogen-bond acceptors (Lipinski definition) is 5. The summed E-state index contributed by atoms with van der Waals surface area (Å²) >= 11 is 0. The maximum absolute atomic E-state index is 10.5. The molecule has 0 fully saturated rings. The van der Waals surface area contributed by atoms with Crippen molar-refractivity contribution < 1.29 is 19.9 Å². The Balaban J connectivity index is 0.000000404. The van der Waals surface area contributed by atoms with E-state index in [0.717, 1.165) is 11.1 Å². The number of carboxylic acid groups (broad SMARTS) is 1. The molecule has 1 aromatic rings. The number of allylic oxidation sites excluding steroid dienone is 9. The van der Waals surface area contributed by atoms with Gasteiger partial charge in [-0.15, -0.1) is 0 Å². The average Bonchev–Trinajstić information content (AvgIpc) is 3.08. The fraction of sp³-hybridized carbons (Fsp3) is 0.462. The summed E-state index contributed by atoms with van der Waals surface area (Å²) in [6.45, 7) is 12.4. The molecule has 0 aromatic carbocycles. The van der Waals surface area contributed by atoms with Crippen LogP contribution in [-0.4, -0.2) is 37.3 Å². The zero-order valence-corrected chi connectivity index (χ0v) is 21.0. The highest BCUT2D eigenvalue weighted by molar-refractivity contribution is 5.81. The van der Waals surface area contributed by atoms with Gasteiger partial charge in [0.25, 0.3) is 0 Å². The van der Waals surface area contributed by atoms with Crippen molar-refractivity contribution in [3.8, 4) is 0 Å². The van der Waals surface area contributed by atoms with Crippen molar-refractivity contribution in [2.75, 3.05) is 6.61 Å². The molecule has 1 aliphatic carbocycles. The maximum Gasteiger partial charge on any atom is 0.342 e. The highest BCUT2D eigenvalue weighted by Gasteiger charge is 2.26. The second-order valence-electron chi connectivity index (χ2n) is 9.06. The van der Waals surface area contributed by atoms with E-state index < -0.39 is 10.9 Å². The van der Waals surface area contributed by atoms with Crippen molar-refractivity contribution in [3.63, 3.8) is 0 Å². The molecule has 8 nitrogen and oxygen atoms in total. The molecule has 0 spiro atoms. The van der Waals surface area contributed by atoms with Gasteiger partial charge in [-0.2, -0.15) is 0 Å². The minimum atomic E-state index is -0.912. The van der Waals surface area contributed by atoms with Crippen molar-refractivity contribution in [1.82, 2.24) is 9.55 Å². The van der Waals surface area contributed by atoms with Gasteiger partial charge in [-0.1, -0.05) is 55.4 Å². The molecule has 1 aromatic heterocycles. The molecule has 0 saturated heterocycles. The number of aromatic nitrogens is 2. The van der Waals surface area contributed by atoms with Crippen molar-refractivity contribution >= 4 is 11.8 Å². The van der Waals surface area contributed by atoms with E-state index in [4.69, 9.17) is 10.2 Å². The van der Waals surface area contributed by atoms with E-state index in [1.165, 1.54) is 47.2 Å². The monoisotopic (exact) mass is 471 g/mol. The van der Waals surface area contributed by atoms with Crippen LogP contribution >= 0.6 is 0 Å². The van der Waals surface area contributed by atoms with Crippen LogP contribution in [0.3, 0.4) is 0 Å². The lowest BCUT2D eigenvalue weighted by Crippen LogP contribution is -2.19. The summed E-state index contributed by atoms with van der Waals surface area (Å²) in [5, 5.41) is 27.6. The third-order valence-electron chi connectivity index (χ3n) is 5.67. The van der Waals surface area contributed by atoms with E-state index in [1.54, 1.807) is 19.9 Å². The van der Waals surface area contributed by atoms with Gasteiger partial charge in [-0.05, 0) is 61.5 Å². The van der Waals surface area contributed by atoms with Crippen molar-refractivity contribution in [2.24, 2.45) is 5.41 Å². The third-order valence-corrected chi connectivity index (χ3v) is 5.67. The van der Waals surface area contributed by atoms with Crippen LogP contribution in [0.15, 0.2) is 64.9 Å². The van der Waals surface area contributed by atoms with Gasteiger partial charge in [0, 0.05) is 13.0 Å². The Morgan fingerprint density at radius 2 is 1.94 bits per heavy atom. The van der Waals surface area contributed by atoms with Gasteiger partial charge >= 0.3 is 11.8 Å². The molecule has 34 heavy (non-hydrogen) atoms. The fourth-order valence-electron chi connectivity index (χ4n) is 3.85. The molecule has 0 amide bonds. The largest absolute Gasteiger partial charge is 0.478 e. The van der Waals surface area contributed by atoms with Gasteiger partial charge < -0.3 is 20.3 Å². The van der Waals surface area contributed by atoms with Gasteiger partial charge in [-0.3, -0.25) is 0 Å². The number of aliphatic carboxylic acids is 1. The van der Waals surface area contributed by atoms with Gasteiger partial charge in [0.15, 0.2) is 5.82 Å². The smallest absolute Gasteiger partial charge is 0.342 e. The third kappa shape index (κ3) is 9.31. The van der Waals surface area contributed by atoms with Gasteiger partial charge in [0.05, 0.1) is 6.61 Å². The molecule has 1 aliphatic rings. The predicted molar refractivity (Wildman–Crippen MR) is 134 cm³/mol. The van der Waals surface area contributed by atoms with Crippen molar-refractivity contribution in [2.45, 2.75) is 67.3 Å². The van der Waals surface area contributed by atoms with E-state index in [1.807, 2.05) is 12.2 Å². The lowest BCUT2D eigenvalue weighted by Gasteiger charge is -2.32. The number of nitrogens with zero attached hydrogens (tertiary/aromatic N) is 3. The molecule has 0 bridgehead atoms. The number of carbonyl (C=O) groups is 1. The molecule has 8 heteroatoms. The number of nitro groups is 1. The Bertz CT molecular complexity index is 1020. The Labute approximate surface area is 201 Å². The molecule has 0 radical (unpaired) electrons. The molecular formula is C26H37N3O5. The quantitative estimate of drug-likeness (QED) is 0.217. The first-order chi connectivity index (χ1) is 15.9. The maximum atomic E-state index is 10.5. The van der Waals surface area contributed by atoms with Gasteiger partial charge in [-0.25, -0.2) is 14.3 Å². The summed E-state index contributed by atoms with van der Waals surface area (Å²) in [5.41, 5.74) is 5.09. The van der Waals surface area contributed by atoms with Crippen LogP contribution in [0.1, 0.15) is 59.7 Å². The zero-order chi connectivity index (χ0) is 25.9. The molecule has 0 unspecified atom stereocenters. The van der Waals surface area contributed by atoms with E-state index >= 15 is 0 Å². The van der Waals surface area contributed by atoms with E-state index in [9.17, 15) is 14.9 Å². The molecule has 0 aliphatic heterocycles. The number of aliphatic hydroxyl groups excluding tert-OH is 1. The van der Waals surface area contributed by atoms with Crippen LogP contribution < -0.4 is 0 Å². The zero-order valence-electron chi connectivity index (χ0n) is 21.0. The molecule has 2 N–H and O–H groups in total. The number of aliphatic hydroxyl groups is 1. The summed E-state index contributed by atoms with van der Waals surface area (Å²) < 4.78 is 1.36. The van der Waals surface area contributed by atoms with Crippen molar-refractivity contribution in [3.05, 3.63) is 80.9 Å². The second kappa shape index (κ2) is 13.4. The highest BCUT2D eigenvalue weighted by Crippen LogP contribution is 2.40. The van der Waals surface area contributed by atoms with Gasteiger partial charge in [0.1, 0.15) is 12.7 Å². The number of carboxylic acids is 1. The van der Waals surface area contributed by atoms with Crippen LogP contribution in [-0.2, 0) is 11.3 Å². The SMILES string of the molecule is CC1=C(/C=C/C(C)=C/C=C/C(C)=C/C(=O)O)C(C)(C)CCC1.Cc1ncc([N+](=O)[O-])n1CCO. The van der Waals surface area contributed by atoms with Gasteiger partial charge in [0.2, 0.25) is 0 Å². The molecule has 1 heterocycles. The Morgan fingerprint density at radius 1 is 1.26 bits per heavy atom. The number of rotatable bonds is 8. The predicted octanol–water partition coefficient (Wildman–Crippen LogP) is 5.69. The summed E-state index contributed by atoms with van der Waals surface area (Å²) in [6, 6.07) is 0. The number of hydrogen-bond donors (Lipinski definition) is 2. The van der Waals surface area contributed by atoms with E-state index in [-0.39, 0.29) is 24.4 Å². The summed E-state index contributed by atoms with van der Waals surface area (Å²) in [5.74, 6) is -0.456. The lowest BCUT2D eigenvalue weighted by molar-refractivity contribution is -0.392. The highest BCUT2D eigenvalue weighted by atomic mass is 16.6. The topological polar surface area (TPSA) is 118 Å². The molecule has 0 atom stereocenters. The van der Waals surface area contributed by atoms with Crippen LogP contribution in [0.2, 0.25) is 0 Å². The second-order valence-corrected chi connectivity index (χ2v) is 9.06. The Morgan fingerprint density at radius 3 is 2.50 bits per heavy atom. The molecular weight excluding hydrogens is 434 g/mol. The van der Waals surface area contributed by atoms with E-state index in [0.29, 0.717) is 5.82 Å². The lowest BCUT2D eigenvalue weighted by atomic mass is 9.72. The Hall–Kier alpha value is -3.26. The minimum Gasteiger partial charge on any atom is -0.478 e. The van der Waals surface area contributed by atoms with E-state index in [2.05, 4.69) is 44.8 Å². The summed E-state index contributed by atoms with van der Waals surface area (Å²) in [6.07, 6.45) is 16.2. The number of imidazole rings is 1. The first-order valence-electron chi connectivity index (χ1n) is 11.3. The van der Waals surface area contributed by atoms with Crippen LogP contribution in [0, 0.1) is 22.5 Å². The molecule has 0 saturated carbocycles. The molecule has 186 valence electrons. The average molecular weight is 472 g/mol. The minimum absolute atomic E-state index is 0.0819. The number of aryl methyl sites for hydroxylation is 1. The first kappa shape index (κ1) is 28.8. The molecule has 2 rings (SSSR count). The van der Waals surface area contributed by atoms with Crippen LogP contribution in [0.4, 0.5) is 5.82 Å². The first-order valence-corrected chi connectivity index (χ1v) is 11.3.